The standard InChI is InChI=1S/C30H38N6O6/c1-3-19(2)26-30(42)36-17-22(37)16-24(36)28(40)33-23(15-20-7-5-4-6-8-20)27(39)32-13-14-35(18-25(38)34-26)29(41)21-9-11-31-12-10-21/h4-12,19,22-24,26,37H,3,13-18H2,1-2H3,(H,32,39)(H,33,40)(H,34,38)/t19-,22+,23-,24-,26-/m0/s1. The molecule has 4 N–H and O–H groups in total. The predicted octanol–water partition coefficient (Wildman–Crippen LogP) is -0.126. The Morgan fingerprint density at radius 1 is 1.05 bits per heavy atom. The van der Waals surface area contributed by atoms with Crippen molar-refractivity contribution in [2.24, 2.45) is 5.92 Å². The van der Waals surface area contributed by atoms with E-state index in [4.69, 9.17) is 0 Å². The van der Waals surface area contributed by atoms with Crippen LogP contribution >= 0.6 is 0 Å². The number of carbonyl (C=O) groups is 5. The number of nitrogens with one attached hydrogen (secondary N) is 3. The predicted molar refractivity (Wildman–Crippen MR) is 153 cm³/mol. The highest BCUT2D eigenvalue weighted by atomic mass is 16.3. The lowest BCUT2D eigenvalue weighted by Crippen LogP contribution is -2.58. The van der Waals surface area contributed by atoms with Crippen LogP contribution in [0.5, 0.6) is 0 Å². The molecule has 2 fully saturated rings. The second-order valence-corrected chi connectivity index (χ2v) is 10.8. The molecule has 1 aromatic carbocycles. The SMILES string of the molecule is CC[C@H](C)[C@@H]1NC(=O)CN(C(=O)c2ccncc2)CCNC(=O)[C@H](Cc2ccccc2)NC(=O)[C@@H]2C[C@@H](O)CN2C1=O. The Kier molecular flexibility index (Phi) is 10.2. The Balaban J connectivity index is 1.67. The van der Waals surface area contributed by atoms with E-state index >= 15 is 0 Å². The summed E-state index contributed by atoms with van der Waals surface area (Å²) in [5.41, 5.74) is 1.14. The number of fused-ring (bicyclic) bond motifs is 1. The zero-order valence-corrected chi connectivity index (χ0v) is 23.9. The van der Waals surface area contributed by atoms with Crippen LogP contribution in [0.2, 0.25) is 0 Å². The van der Waals surface area contributed by atoms with Crippen molar-refractivity contribution in [2.75, 3.05) is 26.2 Å². The molecule has 0 bridgehead atoms. The molecule has 2 aromatic rings. The molecule has 5 atom stereocenters. The minimum atomic E-state index is -1.02. The molecule has 3 heterocycles. The third-order valence-electron chi connectivity index (χ3n) is 7.81. The van der Waals surface area contributed by atoms with Crippen LogP contribution in [0.4, 0.5) is 0 Å². The fraction of sp³-hybridized carbons (Fsp3) is 0.467. The zero-order chi connectivity index (χ0) is 30.2. The Hall–Kier alpha value is -4.32. The summed E-state index contributed by atoms with van der Waals surface area (Å²) in [6.07, 6.45) is 2.76. The molecule has 0 aliphatic carbocycles. The fourth-order valence-corrected chi connectivity index (χ4v) is 5.25. The van der Waals surface area contributed by atoms with Gasteiger partial charge in [-0.15, -0.1) is 0 Å². The van der Waals surface area contributed by atoms with Gasteiger partial charge in [0.15, 0.2) is 0 Å². The summed E-state index contributed by atoms with van der Waals surface area (Å²) in [6.45, 7) is 3.29. The topological polar surface area (TPSA) is 161 Å². The lowest BCUT2D eigenvalue weighted by molar-refractivity contribution is -0.143. The molecule has 12 heteroatoms. The van der Waals surface area contributed by atoms with E-state index in [1.807, 2.05) is 44.2 Å². The van der Waals surface area contributed by atoms with Gasteiger partial charge in [-0.25, -0.2) is 0 Å². The number of hydrogen-bond donors (Lipinski definition) is 4. The molecule has 2 aliphatic heterocycles. The second kappa shape index (κ2) is 14.0. The summed E-state index contributed by atoms with van der Waals surface area (Å²) in [4.78, 5) is 73.9. The number of rotatable bonds is 5. The van der Waals surface area contributed by atoms with Gasteiger partial charge in [-0.3, -0.25) is 29.0 Å². The van der Waals surface area contributed by atoms with Gasteiger partial charge in [-0.1, -0.05) is 50.6 Å². The normalized spacial score (nSPS) is 24.9. The van der Waals surface area contributed by atoms with Crippen LogP contribution in [0.15, 0.2) is 54.9 Å². The summed E-state index contributed by atoms with van der Waals surface area (Å²) in [7, 11) is 0. The van der Waals surface area contributed by atoms with Crippen molar-refractivity contribution in [1.29, 1.82) is 0 Å². The van der Waals surface area contributed by atoms with Crippen molar-refractivity contribution in [3.63, 3.8) is 0 Å². The number of aliphatic hydroxyl groups is 1. The maximum Gasteiger partial charge on any atom is 0.254 e. The minimum Gasteiger partial charge on any atom is -0.391 e. The molecule has 0 radical (unpaired) electrons. The van der Waals surface area contributed by atoms with Gasteiger partial charge in [0.2, 0.25) is 23.6 Å². The van der Waals surface area contributed by atoms with Crippen LogP contribution in [-0.4, -0.2) is 99.8 Å². The smallest absolute Gasteiger partial charge is 0.254 e. The van der Waals surface area contributed by atoms with E-state index in [0.29, 0.717) is 12.0 Å². The molecule has 2 aliphatic rings. The van der Waals surface area contributed by atoms with E-state index in [1.54, 1.807) is 0 Å². The molecule has 1 aromatic heterocycles. The molecule has 4 rings (SSSR count). The second-order valence-electron chi connectivity index (χ2n) is 10.8. The molecule has 0 saturated carbocycles. The summed E-state index contributed by atoms with van der Waals surface area (Å²) >= 11 is 0. The van der Waals surface area contributed by atoms with Crippen LogP contribution in [0.3, 0.4) is 0 Å². The largest absolute Gasteiger partial charge is 0.391 e. The van der Waals surface area contributed by atoms with Gasteiger partial charge in [0.25, 0.3) is 5.91 Å². The first-order valence-corrected chi connectivity index (χ1v) is 14.3. The molecular formula is C30H38N6O6. The maximum atomic E-state index is 13.8. The molecular weight excluding hydrogens is 540 g/mol. The number of pyridine rings is 1. The lowest BCUT2D eigenvalue weighted by Gasteiger charge is -2.32. The number of amides is 5. The number of benzene rings is 1. The van der Waals surface area contributed by atoms with Gasteiger partial charge in [-0.2, -0.15) is 0 Å². The van der Waals surface area contributed by atoms with Crippen molar-refractivity contribution in [3.8, 4) is 0 Å². The zero-order valence-electron chi connectivity index (χ0n) is 23.9. The van der Waals surface area contributed by atoms with E-state index in [0.717, 1.165) is 5.56 Å². The Morgan fingerprint density at radius 3 is 2.45 bits per heavy atom. The van der Waals surface area contributed by atoms with Crippen LogP contribution in [-0.2, 0) is 25.6 Å². The fourth-order valence-electron chi connectivity index (χ4n) is 5.25. The third kappa shape index (κ3) is 7.49. The summed E-state index contributed by atoms with van der Waals surface area (Å²) in [5.74, 6) is -2.82. The number of hydrogen-bond acceptors (Lipinski definition) is 7. The highest BCUT2D eigenvalue weighted by molar-refractivity contribution is 5.98. The van der Waals surface area contributed by atoms with E-state index < -0.39 is 53.8 Å². The van der Waals surface area contributed by atoms with E-state index in [2.05, 4.69) is 20.9 Å². The van der Waals surface area contributed by atoms with Gasteiger partial charge in [0, 0.05) is 50.4 Å². The van der Waals surface area contributed by atoms with Crippen LogP contribution < -0.4 is 16.0 Å². The number of aromatic nitrogens is 1. The van der Waals surface area contributed by atoms with E-state index in [1.165, 1.54) is 34.3 Å². The lowest BCUT2D eigenvalue weighted by atomic mass is 9.97. The van der Waals surface area contributed by atoms with Crippen molar-refractivity contribution in [2.45, 2.75) is 57.3 Å². The van der Waals surface area contributed by atoms with Gasteiger partial charge in [0.1, 0.15) is 18.1 Å². The molecule has 224 valence electrons. The van der Waals surface area contributed by atoms with Gasteiger partial charge in [0.05, 0.1) is 12.6 Å². The minimum absolute atomic E-state index is 0.00658. The van der Waals surface area contributed by atoms with Crippen molar-refractivity contribution >= 4 is 29.5 Å². The van der Waals surface area contributed by atoms with Crippen molar-refractivity contribution in [3.05, 3.63) is 66.0 Å². The Morgan fingerprint density at radius 2 is 1.76 bits per heavy atom. The summed E-state index contributed by atoms with van der Waals surface area (Å²) in [5, 5.41) is 18.8. The molecule has 0 spiro atoms. The molecule has 42 heavy (non-hydrogen) atoms. The van der Waals surface area contributed by atoms with Gasteiger partial charge >= 0.3 is 0 Å². The van der Waals surface area contributed by atoms with E-state index in [-0.39, 0.29) is 44.9 Å². The first kappa shape index (κ1) is 30.6. The molecule has 12 nitrogen and oxygen atoms in total. The van der Waals surface area contributed by atoms with Crippen LogP contribution in [0.1, 0.15) is 42.6 Å². The number of nitrogens with zero attached hydrogens (tertiary/aromatic N) is 3. The molecule has 0 unspecified atom stereocenters. The first-order chi connectivity index (χ1) is 20.2. The first-order valence-electron chi connectivity index (χ1n) is 14.3. The molecule has 2 saturated heterocycles. The Labute approximate surface area is 244 Å². The summed E-state index contributed by atoms with van der Waals surface area (Å²) in [6, 6.07) is 9.28. The van der Waals surface area contributed by atoms with Gasteiger partial charge < -0.3 is 30.9 Å². The average Bonchev–Trinajstić information content (AvgIpc) is 3.40. The highest BCUT2D eigenvalue weighted by Crippen LogP contribution is 2.22. The third-order valence-corrected chi connectivity index (χ3v) is 7.81. The average molecular weight is 579 g/mol. The molecule has 5 amide bonds. The van der Waals surface area contributed by atoms with Gasteiger partial charge in [-0.05, 0) is 23.6 Å². The Bertz CT molecular complexity index is 1270. The summed E-state index contributed by atoms with van der Waals surface area (Å²) < 4.78 is 0. The van der Waals surface area contributed by atoms with Crippen molar-refractivity contribution < 1.29 is 29.1 Å². The highest BCUT2D eigenvalue weighted by Gasteiger charge is 2.43. The number of aliphatic hydroxyl groups excluding tert-OH is 1. The number of carbonyl (C=O) groups excluding carboxylic acids is 5. The monoisotopic (exact) mass is 578 g/mol. The quantitative estimate of drug-likeness (QED) is 0.385. The maximum absolute atomic E-state index is 13.8. The van der Waals surface area contributed by atoms with Crippen LogP contribution in [0, 0.1) is 5.92 Å². The van der Waals surface area contributed by atoms with E-state index in [9.17, 15) is 29.1 Å². The van der Waals surface area contributed by atoms with Crippen molar-refractivity contribution in [1.82, 2.24) is 30.7 Å². The van der Waals surface area contributed by atoms with Crippen LogP contribution in [0.25, 0.3) is 0 Å².